The fourth-order valence-corrected chi connectivity index (χ4v) is 2.95. The lowest BCUT2D eigenvalue weighted by Gasteiger charge is -2.31. The third-order valence-corrected chi connectivity index (χ3v) is 4.44. The number of carbonyl (C=O) groups is 3. The van der Waals surface area contributed by atoms with Gasteiger partial charge in [-0.1, -0.05) is 18.2 Å². The van der Waals surface area contributed by atoms with Gasteiger partial charge in [-0.25, -0.2) is 14.8 Å². The summed E-state index contributed by atoms with van der Waals surface area (Å²) in [7, 11) is 1.34. The monoisotopic (exact) mass is 383 g/mol. The first-order chi connectivity index (χ1) is 13.6. The van der Waals surface area contributed by atoms with Gasteiger partial charge < -0.3 is 20.3 Å². The van der Waals surface area contributed by atoms with Crippen LogP contribution in [0.2, 0.25) is 0 Å². The predicted octanol–water partition coefficient (Wildman–Crippen LogP) is 1.69. The second kappa shape index (κ2) is 8.94. The molecule has 9 heteroatoms. The Morgan fingerprint density at radius 3 is 2.39 bits per heavy atom. The molecule has 146 valence electrons. The molecule has 0 saturated carbocycles. The van der Waals surface area contributed by atoms with Crippen molar-refractivity contribution in [2.75, 3.05) is 25.5 Å². The molecule has 0 unspecified atom stereocenters. The van der Waals surface area contributed by atoms with Crippen molar-refractivity contribution in [3.63, 3.8) is 0 Å². The number of carbonyl (C=O) groups excluding carboxylic acids is 3. The number of anilines is 1. The Hall–Kier alpha value is -3.49. The Balaban J connectivity index is 1.63. The molecule has 0 aliphatic carbocycles. The largest absolute Gasteiger partial charge is 0.453 e. The number of piperidine rings is 1. The molecule has 1 aromatic heterocycles. The van der Waals surface area contributed by atoms with Crippen LogP contribution >= 0.6 is 0 Å². The van der Waals surface area contributed by atoms with Crippen LogP contribution in [0.4, 0.5) is 10.6 Å². The molecule has 1 aliphatic heterocycles. The predicted molar refractivity (Wildman–Crippen MR) is 101 cm³/mol. The van der Waals surface area contributed by atoms with Crippen LogP contribution in [0.3, 0.4) is 0 Å². The molecule has 1 aliphatic rings. The van der Waals surface area contributed by atoms with Crippen LogP contribution in [-0.2, 0) is 4.74 Å². The number of benzene rings is 1. The van der Waals surface area contributed by atoms with E-state index < -0.39 is 5.91 Å². The zero-order valence-electron chi connectivity index (χ0n) is 15.4. The van der Waals surface area contributed by atoms with E-state index in [0.717, 1.165) is 0 Å². The summed E-state index contributed by atoms with van der Waals surface area (Å²) in [6.45, 7) is 0.991. The number of rotatable bonds is 4. The summed E-state index contributed by atoms with van der Waals surface area (Å²) in [6, 6.07) is 8.54. The van der Waals surface area contributed by atoms with Crippen molar-refractivity contribution in [3.05, 3.63) is 54.0 Å². The third-order valence-electron chi connectivity index (χ3n) is 4.44. The van der Waals surface area contributed by atoms with E-state index in [1.807, 2.05) is 6.07 Å². The van der Waals surface area contributed by atoms with Crippen LogP contribution in [0.1, 0.15) is 33.7 Å². The van der Waals surface area contributed by atoms with E-state index >= 15 is 0 Å². The van der Waals surface area contributed by atoms with Gasteiger partial charge in [0.15, 0.2) is 11.5 Å². The van der Waals surface area contributed by atoms with Crippen LogP contribution in [0.25, 0.3) is 0 Å². The molecule has 28 heavy (non-hydrogen) atoms. The molecule has 1 fully saturated rings. The first-order valence-electron chi connectivity index (χ1n) is 8.89. The lowest BCUT2D eigenvalue weighted by Crippen LogP contribution is -2.46. The first-order valence-corrected chi connectivity index (χ1v) is 8.89. The molecule has 1 saturated heterocycles. The highest BCUT2D eigenvalue weighted by atomic mass is 16.5. The minimum atomic E-state index is -0.423. The molecule has 2 N–H and O–H groups in total. The van der Waals surface area contributed by atoms with Crippen LogP contribution in [0.15, 0.2) is 42.7 Å². The molecular formula is C19H21N5O4. The van der Waals surface area contributed by atoms with E-state index in [4.69, 9.17) is 4.74 Å². The normalized spacial score (nSPS) is 14.2. The van der Waals surface area contributed by atoms with Crippen LogP contribution < -0.4 is 10.6 Å². The van der Waals surface area contributed by atoms with Gasteiger partial charge in [-0.15, -0.1) is 0 Å². The van der Waals surface area contributed by atoms with Gasteiger partial charge in [-0.3, -0.25) is 9.59 Å². The maximum atomic E-state index is 12.7. The average Bonchev–Trinajstić information content (AvgIpc) is 2.74. The van der Waals surface area contributed by atoms with Crippen molar-refractivity contribution in [3.8, 4) is 0 Å². The Morgan fingerprint density at radius 1 is 1.04 bits per heavy atom. The molecule has 2 heterocycles. The molecule has 3 rings (SSSR count). The van der Waals surface area contributed by atoms with Crippen molar-refractivity contribution >= 4 is 23.7 Å². The quantitative estimate of drug-likeness (QED) is 0.831. The number of likely N-dealkylation sites (tertiary alicyclic amines) is 1. The lowest BCUT2D eigenvalue weighted by molar-refractivity contribution is 0.0888. The maximum absolute atomic E-state index is 12.7. The standard InChI is InChI=1S/C19H21N5O4/c1-28-19(27)24-11-7-14(8-12-24)22-18(26)15-16(21-10-9-20-15)23-17(25)13-5-3-2-4-6-13/h2-6,9-10,14H,7-8,11-12H2,1H3,(H,22,26)(H,21,23,25). The van der Waals surface area contributed by atoms with Gasteiger partial charge in [0, 0.05) is 37.1 Å². The zero-order valence-corrected chi connectivity index (χ0v) is 15.4. The summed E-state index contributed by atoms with van der Waals surface area (Å²) in [6.07, 6.45) is 3.64. The van der Waals surface area contributed by atoms with Gasteiger partial charge in [0.1, 0.15) is 0 Å². The Morgan fingerprint density at radius 2 is 1.71 bits per heavy atom. The maximum Gasteiger partial charge on any atom is 0.409 e. The van der Waals surface area contributed by atoms with E-state index in [9.17, 15) is 14.4 Å². The number of methoxy groups -OCH3 is 1. The van der Waals surface area contributed by atoms with Crippen LogP contribution in [0, 0.1) is 0 Å². The van der Waals surface area contributed by atoms with Gasteiger partial charge in [-0.05, 0) is 25.0 Å². The second-order valence-electron chi connectivity index (χ2n) is 6.28. The average molecular weight is 383 g/mol. The summed E-state index contributed by atoms with van der Waals surface area (Å²) in [4.78, 5) is 46.3. The zero-order chi connectivity index (χ0) is 19.9. The highest BCUT2D eigenvalue weighted by molar-refractivity contribution is 6.07. The SMILES string of the molecule is COC(=O)N1CCC(NC(=O)c2nccnc2NC(=O)c2ccccc2)CC1. The second-order valence-corrected chi connectivity index (χ2v) is 6.28. The van der Waals surface area contributed by atoms with Gasteiger partial charge in [-0.2, -0.15) is 0 Å². The minimum Gasteiger partial charge on any atom is -0.453 e. The molecule has 0 atom stereocenters. The van der Waals surface area contributed by atoms with Crippen molar-refractivity contribution in [2.45, 2.75) is 18.9 Å². The fourth-order valence-electron chi connectivity index (χ4n) is 2.95. The van der Waals surface area contributed by atoms with Crippen LogP contribution in [-0.4, -0.2) is 59.0 Å². The summed E-state index contributed by atoms with van der Waals surface area (Å²) in [5.74, 6) is -0.699. The molecule has 0 bridgehead atoms. The van der Waals surface area contributed by atoms with E-state index in [2.05, 4.69) is 20.6 Å². The highest BCUT2D eigenvalue weighted by Gasteiger charge is 2.26. The van der Waals surface area contributed by atoms with E-state index in [0.29, 0.717) is 31.5 Å². The number of ether oxygens (including phenoxy) is 1. The number of aromatic nitrogens is 2. The third kappa shape index (κ3) is 4.61. The molecule has 3 amide bonds. The van der Waals surface area contributed by atoms with Gasteiger partial charge in [0.05, 0.1) is 7.11 Å². The Labute approximate surface area is 162 Å². The van der Waals surface area contributed by atoms with E-state index in [-0.39, 0.29) is 29.6 Å². The minimum absolute atomic E-state index is 0.0437. The summed E-state index contributed by atoms with van der Waals surface area (Å²) in [5.41, 5.74) is 0.497. The highest BCUT2D eigenvalue weighted by Crippen LogP contribution is 2.14. The molecule has 9 nitrogen and oxygen atoms in total. The van der Waals surface area contributed by atoms with E-state index in [1.54, 1.807) is 29.2 Å². The first kappa shape index (κ1) is 19.3. The van der Waals surface area contributed by atoms with Crippen molar-refractivity contribution in [1.82, 2.24) is 20.2 Å². The topological polar surface area (TPSA) is 114 Å². The Kier molecular flexibility index (Phi) is 6.15. The van der Waals surface area contributed by atoms with E-state index in [1.165, 1.54) is 19.5 Å². The molecular weight excluding hydrogens is 362 g/mol. The smallest absolute Gasteiger partial charge is 0.409 e. The molecule has 1 aromatic carbocycles. The van der Waals surface area contributed by atoms with Crippen molar-refractivity contribution in [1.29, 1.82) is 0 Å². The fraction of sp³-hybridized carbons (Fsp3) is 0.316. The van der Waals surface area contributed by atoms with Crippen LogP contribution in [0.5, 0.6) is 0 Å². The molecule has 0 spiro atoms. The number of hydrogen-bond donors (Lipinski definition) is 2. The molecule has 0 radical (unpaired) electrons. The summed E-state index contributed by atoms with van der Waals surface area (Å²) < 4.78 is 4.71. The van der Waals surface area contributed by atoms with Crippen molar-refractivity contribution < 1.29 is 19.1 Å². The Bertz CT molecular complexity index is 850. The number of nitrogens with one attached hydrogen (secondary N) is 2. The van der Waals surface area contributed by atoms with Gasteiger partial charge in [0.25, 0.3) is 11.8 Å². The summed E-state index contributed by atoms with van der Waals surface area (Å²) >= 11 is 0. The number of nitrogens with zero attached hydrogens (tertiary/aromatic N) is 3. The summed E-state index contributed by atoms with van der Waals surface area (Å²) in [5, 5.41) is 5.53. The lowest BCUT2D eigenvalue weighted by atomic mass is 10.1. The number of hydrogen-bond acceptors (Lipinski definition) is 6. The number of amides is 3. The van der Waals surface area contributed by atoms with Gasteiger partial charge in [0.2, 0.25) is 0 Å². The van der Waals surface area contributed by atoms with Crippen molar-refractivity contribution in [2.24, 2.45) is 0 Å². The van der Waals surface area contributed by atoms with Gasteiger partial charge >= 0.3 is 6.09 Å². The molecule has 2 aromatic rings.